The number of anilines is 2. The summed E-state index contributed by atoms with van der Waals surface area (Å²) < 4.78 is 39.5. The van der Waals surface area contributed by atoms with Crippen molar-refractivity contribution in [2.45, 2.75) is 25.4 Å². The van der Waals surface area contributed by atoms with Crippen LogP contribution in [0.1, 0.15) is 24.9 Å². The van der Waals surface area contributed by atoms with E-state index in [0.29, 0.717) is 30.6 Å². The van der Waals surface area contributed by atoms with Crippen LogP contribution in [0.5, 0.6) is 11.5 Å². The molecule has 1 aromatic heterocycles. The molecule has 0 bridgehead atoms. The number of aromatic nitrogens is 2. The summed E-state index contributed by atoms with van der Waals surface area (Å²) in [6.07, 6.45) is -0.0140. The molecule has 3 aromatic rings. The Morgan fingerprint density at radius 3 is 2.56 bits per heavy atom. The van der Waals surface area contributed by atoms with Crippen LogP contribution in [0.3, 0.4) is 0 Å². The van der Waals surface area contributed by atoms with Crippen molar-refractivity contribution in [1.29, 1.82) is 0 Å². The number of methoxy groups -OCH3 is 2. The lowest BCUT2D eigenvalue weighted by Crippen LogP contribution is -2.54. The van der Waals surface area contributed by atoms with Gasteiger partial charge in [-0.15, -0.1) is 12.4 Å². The third-order valence-electron chi connectivity index (χ3n) is 6.23. The summed E-state index contributed by atoms with van der Waals surface area (Å²) in [5.41, 5.74) is 12.6. The van der Waals surface area contributed by atoms with Crippen LogP contribution in [-0.2, 0) is 4.79 Å². The molecule has 2 aromatic carbocycles. The Labute approximate surface area is 213 Å². The third kappa shape index (κ3) is 5.07. The number of benzene rings is 2. The molecule has 0 unspecified atom stereocenters. The number of hydrogen-bond acceptors (Lipinski definition) is 8. The molecule has 0 spiro atoms. The number of rotatable bonds is 6. The highest BCUT2D eigenvalue weighted by atomic mass is 35.5. The van der Waals surface area contributed by atoms with Gasteiger partial charge in [0.15, 0.2) is 17.3 Å². The Kier molecular flexibility index (Phi) is 8.36. The van der Waals surface area contributed by atoms with Crippen LogP contribution >= 0.6 is 12.4 Å². The van der Waals surface area contributed by atoms with Crippen molar-refractivity contribution in [2.75, 3.05) is 44.5 Å². The van der Waals surface area contributed by atoms with Crippen LogP contribution in [0.15, 0.2) is 30.3 Å². The lowest BCUT2D eigenvalue weighted by Gasteiger charge is -2.40. The molecule has 0 radical (unpaired) electrons. The number of fused-ring (bicyclic) bond motifs is 1. The Bertz CT molecular complexity index is 1260. The predicted molar refractivity (Wildman–Crippen MR) is 136 cm³/mol. The third-order valence-corrected chi connectivity index (χ3v) is 6.23. The van der Waals surface area contributed by atoms with E-state index in [0.717, 1.165) is 0 Å². The van der Waals surface area contributed by atoms with E-state index in [1.165, 1.54) is 26.4 Å². The SMILES string of the molecule is COc1cc2c(N)nc(N3CCN(C(=O)C[C@@H](N)c4ccccc4F)C[C@@H]3C)nc2c(F)c1OC.Cl. The van der Waals surface area contributed by atoms with Gasteiger partial charge in [-0.3, -0.25) is 4.79 Å². The zero-order valence-electron chi connectivity index (χ0n) is 20.2. The highest BCUT2D eigenvalue weighted by Crippen LogP contribution is 2.37. The Morgan fingerprint density at radius 1 is 1.19 bits per heavy atom. The first-order valence-corrected chi connectivity index (χ1v) is 11.2. The van der Waals surface area contributed by atoms with Crippen molar-refractivity contribution in [3.63, 3.8) is 0 Å². The first kappa shape index (κ1) is 27.2. The fourth-order valence-electron chi connectivity index (χ4n) is 4.35. The minimum absolute atomic E-state index is 0. The molecule has 2 heterocycles. The van der Waals surface area contributed by atoms with Crippen LogP contribution in [0.4, 0.5) is 20.5 Å². The lowest BCUT2D eigenvalue weighted by atomic mass is 10.0. The number of hydrogen-bond donors (Lipinski definition) is 2. The van der Waals surface area contributed by atoms with E-state index in [1.54, 1.807) is 23.1 Å². The molecule has 0 saturated carbocycles. The van der Waals surface area contributed by atoms with Crippen LogP contribution in [0, 0.1) is 11.6 Å². The van der Waals surface area contributed by atoms with Gasteiger partial charge in [0.05, 0.1) is 14.2 Å². The van der Waals surface area contributed by atoms with Gasteiger partial charge in [0.1, 0.15) is 17.2 Å². The number of nitrogens with zero attached hydrogens (tertiary/aromatic N) is 4. The van der Waals surface area contributed by atoms with Crippen LogP contribution in [-0.4, -0.2) is 60.7 Å². The van der Waals surface area contributed by atoms with Gasteiger partial charge in [0.25, 0.3) is 0 Å². The van der Waals surface area contributed by atoms with E-state index in [2.05, 4.69) is 9.97 Å². The monoisotopic (exact) mass is 522 g/mol. The molecule has 1 aliphatic heterocycles. The van der Waals surface area contributed by atoms with Crippen molar-refractivity contribution < 1.29 is 23.0 Å². The van der Waals surface area contributed by atoms with Gasteiger partial charge >= 0.3 is 0 Å². The number of nitrogen functional groups attached to an aromatic ring is 1. The van der Waals surface area contributed by atoms with E-state index in [1.807, 2.05) is 11.8 Å². The van der Waals surface area contributed by atoms with E-state index < -0.39 is 17.7 Å². The van der Waals surface area contributed by atoms with E-state index >= 15 is 4.39 Å². The molecule has 1 saturated heterocycles. The molecule has 1 aliphatic rings. The first-order chi connectivity index (χ1) is 16.7. The van der Waals surface area contributed by atoms with Crippen molar-refractivity contribution in [2.24, 2.45) is 5.73 Å². The van der Waals surface area contributed by atoms with Gasteiger partial charge in [-0.1, -0.05) is 18.2 Å². The summed E-state index contributed by atoms with van der Waals surface area (Å²) in [5, 5.41) is 0.312. The normalized spacial score (nSPS) is 16.4. The maximum absolute atomic E-state index is 15.1. The molecule has 194 valence electrons. The summed E-state index contributed by atoms with van der Waals surface area (Å²) in [7, 11) is 2.74. The zero-order chi connectivity index (χ0) is 25.3. The fraction of sp³-hybridized carbons (Fsp3) is 0.375. The summed E-state index contributed by atoms with van der Waals surface area (Å²) in [5.74, 6) is -0.822. The highest BCUT2D eigenvalue weighted by Gasteiger charge is 2.30. The zero-order valence-corrected chi connectivity index (χ0v) is 21.0. The summed E-state index contributed by atoms with van der Waals surface area (Å²) >= 11 is 0. The van der Waals surface area contributed by atoms with Crippen molar-refractivity contribution in [1.82, 2.24) is 14.9 Å². The summed E-state index contributed by atoms with van der Waals surface area (Å²) in [6, 6.07) is 6.79. The van der Waals surface area contributed by atoms with E-state index in [9.17, 15) is 9.18 Å². The number of carbonyl (C=O) groups excluding carboxylic acids is 1. The second-order valence-corrected chi connectivity index (χ2v) is 8.45. The van der Waals surface area contributed by atoms with Gasteiger partial charge in [0, 0.05) is 49.1 Å². The standard InChI is InChI=1S/C24H28F2N6O3.ClH/c1-13-12-31(19(33)11-17(27)14-6-4-5-7-16(14)25)8-9-32(13)24-29-21-15(23(28)30-24)10-18(34-2)22(35-3)20(21)26;/h4-7,10,13,17H,8-9,11-12,27H2,1-3H3,(H2,28,29,30);1H/t13-,17+;/m0./s1. The number of piperazine rings is 1. The Morgan fingerprint density at radius 2 is 1.92 bits per heavy atom. The van der Waals surface area contributed by atoms with Crippen LogP contribution < -0.4 is 25.8 Å². The lowest BCUT2D eigenvalue weighted by molar-refractivity contribution is -0.132. The van der Waals surface area contributed by atoms with E-state index in [-0.39, 0.29) is 59.6 Å². The van der Waals surface area contributed by atoms with Gasteiger partial charge in [-0.2, -0.15) is 4.98 Å². The van der Waals surface area contributed by atoms with Crippen molar-refractivity contribution in [3.8, 4) is 11.5 Å². The van der Waals surface area contributed by atoms with E-state index in [4.69, 9.17) is 20.9 Å². The molecule has 1 amide bonds. The number of amides is 1. The minimum atomic E-state index is -0.740. The largest absolute Gasteiger partial charge is 0.493 e. The quantitative estimate of drug-likeness (QED) is 0.507. The second kappa shape index (κ2) is 11.1. The van der Waals surface area contributed by atoms with Gasteiger partial charge < -0.3 is 30.7 Å². The minimum Gasteiger partial charge on any atom is -0.493 e. The molecule has 36 heavy (non-hydrogen) atoms. The fourth-order valence-corrected chi connectivity index (χ4v) is 4.35. The number of halogens is 3. The summed E-state index contributed by atoms with van der Waals surface area (Å²) in [4.78, 5) is 25.2. The molecule has 12 heteroatoms. The summed E-state index contributed by atoms with van der Waals surface area (Å²) in [6.45, 7) is 3.06. The molecule has 4 rings (SSSR count). The smallest absolute Gasteiger partial charge is 0.228 e. The second-order valence-electron chi connectivity index (χ2n) is 8.45. The Balaban J connectivity index is 0.00000361. The maximum Gasteiger partial charge on any atom is 0.228 e. The Hall–Kier alpha value is -3.44. The maximum atomic E-state index is 15.1. The molecule has 9 nitrogen and oxygen atoms in total. The van der Waals surface area contributed by atoms with Gasteiger partial charge in [0.2, 0.25) is 11.9 Å². The van der Waals surface area contributed by atoms with Crippen LogP contribution in [0.2, 0.25) is 0 Å². The molecular formula is C24H29ClF2N6O3. The van der Waals surface area contributed by atoms with Crippen molar-refractivity contribution in [3.05, 3.63) is 47.5 Å². The predicted octanol–water partition coefficient (Wildman–Crippen LogP) is 3.06. The van der Waals surface area contributed by atoms with Crippen molar-refractivity contribution >= 4 is 41.0 Å². The van der Waals surface area contributed by atoms with Crippen LogP contribution in [0.25, 0.3) is 10.9 Å². The molecule has 0 aliphatic carbocycles. The number of ether oxygens (including phenoxy) is 2. The first-order valence-electron chi connectivity index (χ1n) is 11.2. The topological polar surface area (TPSA) is 120 Å². The van der Waals surface area contributed by atoms with Gasteiger partial charge in [-0.05, 0) is 19.1 Å². The average molecular weight is 523 g/mol. The molecule has 4 N–H and O–H groups in total. The van der Waals surface area contributed by atoms with Gasteiger partial charge in [-0.25, -0.2) is 13.8 Å². The number of carbonyl (C=O) groups is 1. The molecular weight excluding hydrogens is 494 g/mol. The molecule has 1 fully saturated rings. The highest BCUT2D eigenvalue weighted by molar-refractivity contribution is 5.92. The average Bonchev–Trinajstić information content (AvgIpc) is 2.84. The molecule has 2 atom stereocenters. The number of nitrogens with two attached hydrogens (primary N) is 2.